The standard InChI is InChI=1S/C16H25F2NO2/c1-14(2,3)13-8-7-12(9-19-13)20-10-16(17,18)11-21-15(4,5)6/h7-9H,10-11H2,1-6H3. The van der Waals surface area contributed by atoms with Gasteiger partial charge in [0.1, 0.15) is 12.4 Å². The van der Waals surface area contributed by atoms with Crippen molar-refractivity contribution in [3.05, 3.63) is 24.0 Å². The van der Waals surface area contributed by atoms with Crippen LogP contribution in [0.1, 0.15) is 47.2 Å². The highest BCUT2D eigenvalue weighted by Gasteiger charge is 2.32. The van der Waals surface area contributed by atoms with Crippen molar-refractivity contribution < 1.29 is 18.3 Å². The van der Waals surface area contributed by atoms with Crippen LogP contribution in [0.25, 0.3) is 0 Å². The van der Waals surface area contributed by atoms with Crippen molar-refractivity contribution in [1.29, 1.82) is 0 Å². The van der Waals surface area contributed by atoms with Crippen LogP contribution in [0.3, 0.4) is 0 Å². The molecule has 21 heavy (non-hydrogen) atoms. The molecule has 1 rings (SSSR count). The molecule has 120 valence electrons. The Kier molecular flexibility index (Phi) is 5.31. The van der Waals surface area contributed by atoms with Crippen molar-refractivity contribution in [2.45, 2.75) is 58.5 Å². The lowest BCUT2D eigenvalue weighted by Crippen LogP contribution is -2.35. The van der Waals surface area contributed by atoms with Gasteiger partial charge >= 0.3 is 5.92 Å². The van der Waals surface area contributed by atoms with Crippen molar-refractivity contribution in [1.82, 2.24) is 4.98 Å². The second-order valence-corrected chi connectivity index (χ2v) is 7.17. The van der Waals surface area contributed by atoms with Gasteiger partial charge in [0.2, 0.25) is 0 Å². The first kappa shape index (κ1) is 17.8. The van der Waals surface area contributed by atoms with E-state index >= 15 is 0 Å². The molecule has 0 bridgehead atoms. The predicted molar refractivity (Wildman–Crippen MR) is 79.1 cm³/mol. The van der Waals surface area contributed by atoms with E-state index in [1.54, 1.807) is 32.9 Å². The third-order valence-electron chi connectivity index (χ3n) is 2.67. The fourth-order valence-electron chi connectivity index (χ4n) is 1.46. The Balaban J connectivity index is 2.54. The summed E-state index contributed by atoms with van der Waals surface area (Å²) in [6.07, 6.45) is 1.47. The second kappa shape index (κ2) is 6.26. The number of alkyl halides is 2. The van der Waals surface area contributed by atoms with Crippen LogP contribution in [0.5, 0.6) is 5.75 Å². The van der Waals surface area contributed by atoms with Crippen LogP contribution < -0.4 is 4.74 Å². The van der Waals surface area contributed by atoms with Crippen LogP contribution in [-0.4, -0.2) is 29.7 Å². The molecule has 0 fully saturated rings. The monoisotopic (exact) mass is 301 g/mol. The van der Waals surface area contributed by atoms with E-state index in [9.17, 15) is 8.78 Å². The Labute approximate surface area is 125 Å². The van der Waals surface area contributed by atoms with E-state index in [4.69, 9.17) is 9.47 Å². The lowest BCUT2D eigenvalue weighted by Gasteiger charge is -2.24. The summed E-state index contributed by atoms with van der Waals surface area (Å²) in [4.78, 5) is 4.23. The Bertz CT molecular complexity index is 445. The first-order valence-corrected chi connectivity index (χ1v) is 7.00. The molecule has 0 spiro atoms. The number of nitrogens with zero attached hydrogens (tertiary/aromatic N) is 1. The number of hydrogen-bond acceptors (Lipinski definition) is 3. The largest absolute Gasteiger partial charge is 0.486 e. The van der Waals surface area contributed by atoms with E-state index in [0.717, 1.165) is 5.69 Å². The summed E-state index contributed by atoms with van der Waals surface area (Å²) in [5, 5.41) is 0. The summed E-state index contributed by atoms with van der Waals surface area (Å²) in [6, 6.07) is 3.45. The first-order valence-electron chi connectivity index (χ1n) is 7.00. The molecule has 0 aliphatic rings. The Morgan fingerprint density at radius 3 is 2.05 bits per heavy atom. The molecule has 0 radical (unpaired) electrons. The molecule has 5 heteroatoms. The van der Waals surface area contributed by atoms with E-state index in [2.05, 4.69) is 4.98 Å². The molecule has 1 aromatic heterocycles. The van der Waals surface area contributed by atoms with Crippen LogP contribution in [0, 0.1) is 0 Å². The zero-order valence-electron chi connectivity index (χ0n) is 13.7. The van der Waals surface area contributed by atoms with Gasteiger partial charge in [-0.2, -0.15) is 0 Å². The smallest absolute Gasteiger partial charge is 0.304 e. The van der Waals surface area contributed by atoms with Crippen molar-refractivity contribution in [2.75, 3.05) is 13.2 Å². The Hall–Kier alpha value is -1.23. The van der Waals surface area contributed by atoms with Crippen LogP contribution in [-0.2, 0) is 10.2 Å². The third kappa shape index (κ3) is 6.85. The van der Waals surface area contributed by atoms with E-state index < -0.39 is 24.7 Å². The fraction of sp³-hybridized carbons (Fsp3) is 0.688. The van der Waals surface area contributed by atoms with Crippen LogP contribution >= 0.6 is 0 Å². The summed E-state index contributed by atoms with van der Waals surface area (Å²) in [5.74, 6) is -2.70. The first-order chi connectivity index (χ1) is 9.39. The predicted octanol–water partition coefficient (Wildman–Crippen LogP) is 4.21. The minimum absolute atomic E-state index is 0.0803. The Morgan fingerprint density at radius 1 is 1.00 bits per heavy atom. The molecular weight excluding hydrogens is 276 g/mol. The zero-order valence-corrected chi connectivity index (χ0v) is 13.7. The highest BCUT2D eigenvalue weighted by atomic mass is 19.3. The molecule has 0 N–H and O–H groups in total. The number of ether oxygens (including phenoxy) is 2. The van der Waals surface area contributed by atoms with E-state index in [0.29, 0.717) is 5.75 Å². The molecule has 3 nitrogen and oxygen atoms in total. The highest BCUT2D eigenvalue weighted by Crippen LogP contribution is 2.23. The highest BCUT2D eigenvalue weighted by molar-refractivity contribution is 5.23. The number of halogens is 2. The second-order valence-electron chi connectivity index (χ2n) is 7.17. The van der Waals surface area contributed by atoms with Crippen molar-refractivity contribution in [3.8, 4) is 5.75 Å². The van der Waals surface area contributed by atoms with Crippen LogP contribution in [0.15, 0.2) is 18.3 Å². The SMILES string of the molecule is CC(C)(C)OCC(F)(F)COc1ccc(C(C)(C)C)nc1. The molecule has 1 heterocycles. The summed E-state index contributed by atoms with van der Waals surface area (Å²) < 4.78 is 37.5. The lowest BCUT2D eigenvalue weighted by molar-refractivity contribution is -0.137. The molecule has 0 aliphatic carbocycles. The minimum Gasteiger partial charge on any atom is -0.486 e. The average Bonchev–Trinajstić information content (AvgIpc) is 2.33. The molecular formula is C16H25F2NO2. The topological polar surface area (TPSA) is 31.4 Å². The van der Waals surface area contributed by atoms with Gasteiger partial charge in [-0.1, -0.05) is 20.8 Å². The van der Waals surface area contributed by atoms with Crippen LogP contribution in [0.4, 0.5) is 8.78 Å². The number of rotatable bonds is 5. The van der Waals surface area contributed by atoms with Gasteiger partial charge in [-0.05, 0) is 32.9 Å². The molecule has 0 aromatic carbocycles. The van der Waals surface area contributed by atoms with E-state index in [1.165, 1.54) is 6.20 Å². The van der Waals surface area contributed by atoms with Gasteiger partial charge < -0.3 is 9.47 Å². The van der Waals surface area contributed by atoms with Gasteiger partial charge in [-0.3, -0.25) is 4.98 Å². The fourth-order valence-corrected chi connectivity index (χ4v) is 1.46. The van der Waals surface area contributed by atoms with Gasteiger partial charge in [0.05, 0.1) is 11.8 Å². The molecule has 0 amide bonds. The number of pyridine rings is 1. The molecule has 1 aromatic rings. The van der Waals surface area contributed by atoms with E-state index in [1.807, 2.05) is 20.8 Å². The minimum atomic E-state index is -3.03. The van der Waals surface area contributed by atoms with Gasteiger partial charge in [-0.25, -0.2) is 8.78 Å². The van der Waals surface area contributed by atoms with Crippen molar-refractivity contribution >= 4 is 0 Å². The zero-order chi connectivity index (χ0) is 16.3. The van der Waals surface area contributed by atoms with Crippen LogP contribution in [0.2, 0.25) is 0 Å². The summed E-state index contributed by atoms with van der Waals surface area (Å²) >= 11 is 0. The quantitative estimate of drug-likeness (QED) is 0.816. The van der Waals surface area contributed by atoms with Gasteiger partial charge in [0, 0.05) is 11.1 Å². The lowest BCUT2D eigenvalue weighted by atomic mass is 9.92. The maximum Gasteiger partial charge on any atom is 0.304 e. The van der Waals surface area contributed by atoms with Crippen molar-refractivity contribution in [3.63, 3.8) is 0 Å². The van der Waals surface area contributed by atoms with E-state index in [-0.39, 0.29) is 5.41 Å². The van der Waals surface area contributed by atoms with Gasteiger partial charge in [0.25, 0.3) is 0 Å². The Morgan fingerprint density at radius 2 is 1.62 bits per heavy atom. The maximum atomic E-state index is 13.6. The van der Waals surface area contributed by atoms with Crippen molar-refractivity contribution in [2.24, 2.45) is 0 Å². The number of aromatic nitrogens is 1. The summed E-state index contributed by atoms with van der Waals surface area (Å²) in [5.41, 5.74) is 0.209. The maximum absolute atomic E-state index is 13.6. The third-order valence-corrected chi connectivity index (χ3v) is 2.67. The molecule has 0 atom stereocenters. The summed E-state index contributed by atoms with van der Waals surface area (Å²) in [7, 11) is 0. The average molecular weight is 301 g/mol. The molecule has 0 saturated heterocycles. The molecule has 0 aliphatic heterocycles. The molecule has 0 saturated carbocycles. The molecule has 0 unspecified atom stereocenters. The summed E-state index contributed by atoms with van der Waals surface area (Å²) in [6.45, 7) is 9.93. The number of hydrogen-bond donors (Lipinski definition) is 0. The normalized spacial score (nSPS) is 13.3. The van der Waals surface area contributed by atoms with Gasteiger partial charge in [0.15, 0.2) is 6.61 Å². The van der Waals surface area contributed by atoms with Gasteiger partial charge in [-0.15, -0.1) is 0 Å².